The van der Waals surface area contributed by atoms with Crippen LogP contribution in [0.25, 0.3) is 0 Å². The molecule has 0 aliphatic carbocycles. The number of aliphatic hydroxyl groups is 1. The molecule has 3 rings (SSSR count). The lowest BCUT2D eigenvalue weighted by atomic mass is 9.87. The highest BCUT2D eigenvalue weighted by Gasteiger charge is 2.42. The number of carbonyl (C=O) groups is 1. The zero-order chi connectivity index (χ0) is 26.3. The molecule has 0 bridgehead atoms. The smallest absolute Gasteiger partial charge is 0.336 e. The van der Waals surface area contributed by atoms with Crippen molar-refractivity contribution >= 4 is 39.9 Å². The summed E-state index contributed by atoms with van der Waals surface area (Å²) in [6.07, 6.45) is 5.65. The molecule has 1 aliphatic rings. The van der Waals surface area contributed by atoms with Crippen molar-refractivity contribution in [3.05, 3.63) is 42.5 Å². The number of anilines is 2. The second-order valence-corrected chi connectivity index (χ2v) is 11.8. The maximum Gasteiger partial charge on any atom is 0.336 e. The Kier molecular flexibility index (Phi) is 9.96. The van der Waals surface area contributed by atoms with Gasteiger partial charge in [-0.25, -0.2) is 9.52 Å². The molecule has 1 atom stereocenters. The first-order chi connectivity index (χ1) is 17.2. The van der Waals surface area contributed by atoms with E-state index in [4.69, 9.17) is 9.84 Å². The van der Waals surface area contributed by atoms with Crippen LogP contribution in [0, 0.1) is 0 Å². The fourth-order valence-corrected chi connectivity index (χ4v) is 6.78. The van der Waals surface area contributed by atoms with Gasteiger partial charge in [0.15, 0.2) is 6.10 Å². The number of aliphatic carboxylic acids is 1. The van der Waals surface area contributed by atoms with Crippen LogP contribution in [0.2, 0.25) is 0 Å². The van der Waals surface area contributed by atoms with Crippen LogP contribution in [-0.2, 0) is 4.79 Å². The summed E-state index contributed by atoms with van der Waals surface area (Å²) < 4.78 is 32.1. The first kappa shape index (κ1) is 28.6. The summed E-state index contributed by atoms with van der Waals surface area (Å²) in [4.78, 5) is 14.2. The Bertz CT molecular complexity index is 1010. The van der Waals surface area contributed by atoms with Gasteiger partial charge >= 0.3 is 5.97 Å². The summed E-state index contributed by atoms with van der Waals surface area (Å²) in [5.41, 5.74) is 1.08. The van der Waals surface area contributed by atoms with E-state index in [1.54, 1.807) is 6.07 Å². The summed E-state index contributed by atoms with van der Waals surface area (Å²) in [6, 6.07) is 13.3. The number of carboxylic acids is 1. The third kappa shape index (κ3) is 6.67. The number of benzene rings is 2. The largest absolute Gasteiger partial charge is 0.489 e. The molecule has 0 saturated heterocycles. The maximum absolute atomic E-state index is 11.6. The molecule has 1 aliphatic heterocycles. The number of thioether (sulfide) groups is 1. The molecule has 10 heteroatoms. The predicted octanol–water partition coefficient (Wildman–Crippen LogP) is 6.12. The molecular weight excluding hydrogens is 500 g/mol. The van der Waals surface area contributed by atoms with Crippen molar-refractivity contribution in [2.45, 2.75) is 73.8 Å². The zero-order valence-electron chi connectivity index (χ0n) is 21.1. The third-order valence-electron chi connectivity index (χ3n) is 6.43. The third-order valence-corrected chi connectivity index (χ3v) is 8.85. The fraction of sp³-hybridized carbons (Fsp3) is 0.500. The van der Waals surface area contributed by atoms with Crippen molar-refractivity contribution in [1.29, 1.82) is 0 Å². The minimum Gasteiger partial charge on any atom is -0.489 e. The Morgan fingerprint density at radius 1 is 1.17 bits per heavy atom. The number of ether oxygens (including phenoxy) is 1. The van der Waals surface area contributed by atoms with E-state index < -0.39 is 35.0 Å². The van der Waals surface area contributed by atoms with E-state index >= 15 is 0 Å². The molecule has 2 aromatic carbocycles. The Hall–Kier alpha value is -1.95. The molecule has 200 valence electrons. The molecule has 1 unspecified atom stereocenters. The normalized spacial score (nSPS) is 18.1. The van der Waals surface area contributed by atoms with E-state index in [-0.39, 0.29) is 0 Å². The molecule has 0 saturated carbocycles. The van der Waals surface area contributed by atoms with Crippen LogP contribution in [0.4, 0.5) is 11.4 Å². The average molecular weight is 539 g/mol. The van der Waals surface area contributed by atoms with Gasteiger partial charge in [-0.1, -0.05) is 57.7 Å². The monoisotopic (exact) mass is 538 g/mol. The van der Waals surface area contributed by atoms with Crippen LogP contribution in [0.3, 0.4) is 0 Å². The van der Waals surface area contributed by atoms with E-state index in [2.05, 4.69) is 23.5 Å². The summed E-state index contributed by atoms with van der Waals surface area (Å²) in [5.74, 6) is -1.08. The van der Waals surface area contributed by atoms with Crippen molar-refractivity contribution in [1.82, 2.24) is 4.72 Å². The maximum atomic E-state index is 11.6. The van der Waals surface area contributed by atoms with Gasteiger partial charge in [-0.3, -0.25) is 9.11 Å². The van der Waals surface area contributed by atoms with Crippen LogP contribution >= 0.6 is 22.5 Å². The Morgan fingerprint density at radius 3 is 2.36 bits per heavy atom. The number of hydrogen-bond donors (Lipinski definition) is 5. The van der Waals surface area contributed by atoms with E-state index in [9.17, 15) is 19.0 Å². The van der Waals surface area contributed by atoms with Crippen molar-refractivity contribution in [2.24, 2.45) is 0 Å². The van der Waals surface area contributed by atoms with Gasteiger partial charge < -0.3 is 19.8 Å². The SMILES string of the molecule is CCCCC1(CCCC)CN(c2ccccc2)c2cc(SC)c(OCC(O)C(=O)O)cc2S(O)(O)N1. The van der Waals surface area contributed by atoms with Crippen LogP contribution in [0.5, 0.6) is 5.75 Å². The highest BCUT2D eigenvalue weighted by Crippen LogP contribution is 2.57. The molecular formula is C26H38N2O6S2. The molecule has 0 fully saturated rings. The van der Waals surface area contributed by atoms with Crippen molar-refractivity contribution in [2.75, 3.05) is 24.3 Å². The Morgan fingerprint density at radius 2 is 1.81 bits per heavy atom. The number of carboxylic acid groups (broad SMARTS) is 1. The second-order valence-electron chi connectivity index (χ2n) is 9.20. The summed E-state index contributed by atoms with van der Waals surface area (Å²) in [7, 11) is -3.45. The van der Waals surface area contributed by atoms with Gasteiger partial charge in [0.05, 0.1) is 16.1 Å². The van der Waals surface area contributed by atoms with Gasteiger partial charge in [-0.05, 0) is 37.3 Å². The van der Waals surface area contributed by atoms with Crippen molar-refractivity contribution in [3.8, 4) is 5.75 Å². The quantitative estimate of drug-likeness (QED) is 0.203. The minimum absolute atomic E-state index is 0.291. The topological polar surface area (TPSA) is 122 Å². The molecule has 36 heavy (non-hydrogen) atoms. The van der Waals surface area contributed by atoms with E-state index in [1.807, 2.05) is 42.7 Å². The number of hydrogen-bond acceptors (Lipinski definition) is 8. The number of unbranched alkanes of at least 4 members (excludes halogenated alkanes) is 2. The van der Waals surface area contributed by atoms with Crippen LogP contribution in [0.15, 0.2) is 52.3 Å². The highest BCUT2D eigenvalue weighted by molar-refractivity contribution is 8.22. The van der Waals surface area contributed by atoms with Gasteiger partial charge in [0.2, 0.25) is 0 Å². The number of aliphatic hydroxyl groups excluding tert-OH is 1. The number of nitrogens with zero attached hydrogens (tertiary/aromatic N) is 1. The first-order valence-corrected chi connectivity index (χ1v) is 15.1. The molecule has 0 amide bonds. The Labute approximate surface area is 219 Å². The van der Waals surface area contributed by atoms with Gasteiger partial charge in [0.1, 0.15) is 17.3 Å². The number of nitrogens with one attached hydrogen (secondary N) is 1. The van der Waals surface area contributed by atoms with Crippen molar-refractivity contribution in [3.63, 3.8) is 0 Å². The first-order valence-electron chi connectivity index (χ1n) is 12.3. The summed E-state index contributed by atoms with van der Waals surface area (Å²) in [5, 5.41) is 18.7. The lowest BCUT2D eigenvalue weighted by molar-refractivity contribution is -0.148. The minimum atomic E-state index is -3.45. The highest BCUT2D eigenvalue weighted by atomic mass is 32.3. The molecule has 5 N–H and O–H groups in total. The average Bonchev–Trinajstić information content (AvgIpc) is 2.96. The summed E-state index contributed by atoms with van der Waals surface area (Å²) in [6.45, 7) is 4.37. The Balaban J connectivity index is 2.17. The molecule has 1 heterocycles. The van der Waals surface area contributed by atoms with Gasteiger partial charge in [-0.15, -0.1) is 22.5 Å². The molecule has 0 aromatic heterocycles. The summed E-state index contributed by atoms with van der Waals surface area (Å²) >= 11 is 1.40. The number of fused-ring (bicyclic) bond motifs is 1. The predicted molar refractivity (Wildman–Crippen MR) is 147 cm³/mol. The number of rotatable bonds is 12. The van der Waals surface area contributed by atoms with Crippen LogP contribution in [0.1, 0.15) is 52.4 Å². The van der Waals surface area contributed by atoms with E-state index in [0.29, 0.717) is 27.8 Å². The standard InChI is InChI=1S/C26H38N2O6S2/c1-4-6-13-26(14-7-5-2)18-28(19-11-9-8-10-12-19)20-15-23(35-3)22(34-17-21(29)25(30)31)16-24(20)36(32,33)27-26/h8-12,15-16,21,27,29,32-33H,4-7,13-14,17-18H2,1-3H3,(H,30,31). The zero-order valence-corrected chi connectivity index (χ0v) is 22.8. The van der Waals surface area contributed by atoms with Gasteiger partial charge in [0.25, 0.3) is 0 Å². The van der Waals surface area contributed by atoms with Crippen molar-refractivity contribution < 1.29 is 28.8 Å². The van der Waals surface area contributed by atoms with Crippen LogP contribution < -0.4 is 14.4 Å². The van der Waals surface area contributed by atoms with Gasteiger partial charge in [-0.2, -0.15) is 0 Å². The second kappa shape index (κ2) is 12.5. The molecule has 0 radical (unpaired) electrons. The lowest BCUT2D eigenvalue weighted by Gasteiger charge is -2.43. The fourth-order valence-electron chi connectivity index (χ4n) is 4.51. The molecule has 8 nitrogen and oxygen atoms in total. The van der Waals surface area contributed by atoms with Crippen LogP contribution in [-0.4, -0.2) is 56.3 Å². The van der Waals surface area contributed by atoms with Gasteiger partial charge in [0, 0.05) is 18.3 Å². The molecule has 2 aromatic rings. The van der Waals surface area contributed by atoms with E-state index in [1.165, 1.54) is 11.8 Å². The number of para-hydroxylation sites is 1. The lowest BCUT2D eigenvalue weighted by Crippen LogP contribution is -2.51. The van der Waals surface area contributed by atoms with E-state index in [0.717, 1.165) is 44.2 Å². The molecule has 0 spiro atoms.